The Bertz CT molecular complexity index is 972. The third-order valence-corrected chi connectivity index (χ3v) is 5.20. The van der Waals surface area contributed by atoms with Crippen molar-refractivity contribution in [3.05, 3.63) is 69.4 Å². The highest BCUT2D eigenvalue weighted by atomic mass is 35.5. The smallest absolute Gasteiger partial charge is 0.265 e. The van der Waals surface area contributed by atoms with Crippen LogP contribution in [0.5, 0.6) is 17.2 Å². The molecule has 2 heterocycles. The first kappa shape index (κ1) is 17.7. The normalized spacial score (nSPS) is 12.5. The molecule has 0 saturated carbocycles. The second-order valence-electron chi connectivity index (χ2n) is 5.85. The van der Waals surface area contributed by atoms with Crippen LogP contribution in [0.2, 0.25) is 5.02 Å². The van der Waals surface area contributed by atoms with E-state index in [0.717, 1.165) is 5.56 Å². The average Bonchev–Trinajstić information content (AvgIpc) is 3.16. The molecule has 0 saturated heterocycles. The molecule has 1 amide bonds. The van der Waals surface area contributed by atoms with Gasteiger partial charge in [-0.25, -0.2) is 0 Å². The van der Waals surface area contributed by atoms with Crippen LogP contribution in [0.25, 0.3) is 0 Å². The van der Waals surface area contributed by atoms with Crippen LogP contribution in [0.4, 0.5) is 5.69 Å². The van der Waals surface area contributed by atoms with Crippen molar-refractivity contribution < 1.29 is 19.0 Å². The number of ether oxygens (including phenoxy) is 3. The molecule has 2 aromatic carbocycles. The Hall–Kier alpha value is -2.70. The first-order valence-corrected chi connectivity index (χ1v) is 9.60. The number of amides is 1. The summed E-state index contributed by atoms with van der Waals surface area (Å²) >= 11 is 7.45. The van der Waals surface area contributed by atoms with Crippen LogP contribution in [0.15, 0.2) is 53.9 Å². The molecule has 1 aliphatic rings. The largest absolute Gasteiger partial charge is 0.487 e. The Balaban J connectivity index is 1.39. The first-order valence-electron chi connectivity index (χ1n) is 8.35. The quantitative estimate of drug-likeness (QED) is 0.653. The number of carbonyl (C=O) groups excluding carboxylic acids is 1. The molecule has 7 heteroatoms. The molecule has 3 aromatic rings. The lowest BCUT2D eigenvalue weighted by Crippen LogP contribution is -2.16. The Morgan fingerprint density at radius 2 is 1.93 bits per heavy atom. The molecule has 0 radical (unpaired) electrons. The number of thiophene rings is 1. The highest BCUT2D eigenvalue weighted by Gasteiger charge is 2.14. The fourth-order valence-electron chi connectivity index (χ4n) is 2.61. The average molecular weight is 402 g/mol. The van der Waals surface area contributed by atoms with Gasteiger partial charge < -0.3 is 19.5 Å². The van der Waals surface area contributed by atoms with E-state index >= 15 is 0 Å². The van der Waals surface area contributed by atoms with Crippen molar-refractivity contribution in [2.75, 3.05) is 18.5 Å². The standard InChI is InChI=1S/C20H16ClNO4S/c21-15-3-1-2-4-16(15)26-11-13-9-19(27-12-13)20(23)22-14-5-6-17-18(10-14)25-8-7-24-17/h1-6,9-10,12H,7-8,11H2,(H,22,23). The molecular formula is C20H16ClNO4S. The van der Waals surface area contributed by atoms with Crippen molar-refractivity contribution in [2.45, 2.75) is 6.61 Å². The van der Waals surface area contributed by atoms with Crippen LogP contribution in [0.3, 0.4) is 0 Å². The maximum atomic E-state index is 12.5. The molecule has 0 unspecified atom stereocenters. The summed E-state index contributed by atoms with van der Waals surface area (Å²) in [6, 6.07) is 14.5. The van der Waals surface area contributed by atoms with Crippen LogP contribution < -0.4 is 19.5 Å². The molecule has 5 nitrogen and oxygen atoms in total. The second-order valence-corrected chi connectivity index (χ2v) is 7.17. The van der Waals surface area contributed by atoms with Gasteiger partial charge >= 0.3 is 0 Å². The number of fused-ring (bicyclic) bond motifs is 1. The summed E-state index contributed by atoms with van der Waals surface area (Å²) in [4.78, 5) is 13.1. The fraction of sp³-hybridized carbons (Fsp3) is 0.150. The van der Waals surface area contributed by atoms with Crippen LogP contribution in [0.1, 0.15) is 15.2 Å². The number of anilines is 1. The molecule has 0 atom stereocenters. The number of nitrogens with one attached hydrogen (secondary N) is 1. The first-order chi connectivity index (χ1) is 13.2. The minimum Gasteiger partial charge on any atom is -0.487 e. The van der Waals surface area contributed by atoms with E-state index in [1.165, 1.54) is 11.3 Å². The summed E-state index contributed by atoms with van der Waals surface area (Å²) < 4.78 is 16.7. The molecular weight excluding hydrogens is 386 g/mol. The number of rotatable bonds is 5. The molecule has 27 heavy (non-hydrogen) atoms. The highest BCUT2D eigenvalue weighted by molar-refractivity contribution is 7.12. The molecule has 0 fully saturated rings. The molecule has 4 rings (SSSR count). The van der Waals surface area contributed by atoms with Gasteiger partial charge in [0.05, 0.1) is 9.90 Å². The van der Waals surface area contributed by atoms with Gasteiger partial charge in [-0.15, -0.1) is 11.3 Å². The summed E-state index contributed by atoms with van der Waals surface area (Å²) in [7, 11) is 0. The molecule has 1 aromatic heterocycles. The van der Waals surface area contributed by atoms with Crippen molar-refractivity contribution in [3.63, 3.8) is 0 Å². The monoisotopic (exact) mass is 401 g/mol. The van der Waals surface area contributed by atoms with Crippen molar-refractivity contribution in [3.8, 4) is 17.2 Å². The van der Waals surface area contributed by atoms with E-state index in [4.69, 9.17) is 25.8 Å². The van der Waals surface area contributed by atoms with Gasteiger partial charge in [0.25, 0.3) is 5.91 Å². The minimum atomic E-state index is -0.180. The lowest BCUT2D eigenvalue weighted by atomic mass is 10.2. The molecule has 0 spiro atoms. The van der Waals surface area contributed by atoms with Gasteiger partial charge in [-0.05, 0) is 35.7 Å². The van der Waals surface area contributed by atoms with Gasteiger partial charge in [0.2, 0.25) is 0 Å². The van der Waals surface area contributed by atoms with Gasteiger partial charge in [0.1, 0.15) is 25.6 Å². The van der Waals surface area contributed by atoms with Gasteiger partial charge in [-0.1, -0.05) is 23.7 Å². The molecule has 0 bridgehead atoms. The van der Waals surface area contributed by atoms with Crippen molar-refractivity contribution in [2.24, 2.45) is 0 Å². The maximum absolute atomic E-state index is 12.5. The van der Waals surface area contributed by atoms with E-state index in [0.29, 0.717) is 52.7 Å². The Morgan fingerprint density at radius 1 is 1.11 bits per heavy atom. The third kappa shape index (κ3) is 4.18. The van der Waals surface area contributed by atoms with Crippen molar-refractivity contribution in [1.82, 2.24) is 0 Å². The van der Waals surface area contributed by atoms with Crippen molar-refractivity contribution >= 4 is 34.5 Å². The number of halogens is 1. The van der Waals surface area contributed by atoms with E-state index in [2.05, 4.69) is 5.32 Å². The Kier molecular flexibility index (Phi) is 5.18. The fourth-order valence-corrected chi connectivity index (χ4v) is 3.59. The molecule has 1 N–H and O–H groups in total. The number of carbonyl (C=O) groups is 1. The topological polar surface area (TPSA) is 56.8 Å². The minimum absolute atomic E-state index is 0.180. The molecule has 1 aliphatic heterocycles. The van der Waals surface area contributed by atoms with Crippen LogP contribution in [0, 0.1) is 0 Å². The third-order valence-electron chi connectivity index (χ3n) is 3.91. The van der Waals surface area contributed by atoms with E-state index in [1.54, 1.807) is 24.3 Å². The second kappa shape index (κ2) is 7.90. The number of hydrogen-bond donors (Lipinski definition) is 1. The van der Waals surface area contributed by atoms with E-state index in [-0.39, 0.29) is 5.91 Å². The van der Waals surface area contributed by atoms with Crippen molar-refractivity contribution in [1.29, 1.82) is 0 Å². The molecule has 0 aliphatic carbocycles. The summed E-state index contributed by atoms with van der Waals surface area (Å²) in [6.45, 7) is 1.38. The van der Waals surface area contributed by atoms with E-state index in [9.17, 15) is 4.79 Å². The Labute approximate surface area is 165 Å². The summed E-state index contributed by atoms with van der Waals surface area (Å²) in [5, 5.41) is 5.34. The van der Waals surface area contributed by atoms with Crippen LogP contribution in [-0.2, 0) is 6.61 Å². The van der Waals surface area contributed by atoms with Gasteiger partial charge in [-0.3, -0.25) is 4.79 Å². The van der Waals surface area contributed by atoms with E-state index < -0.39 is 0 Å². The summed E-state index contributed by atoms with van der Waals surface area (Å²) in [6.07, 6.45) is 0. The zero-order valence-corrected chi connectivity index (χ0v) is 15.8. The highest BCUT2D eigenvalue weighted by Crippen LogP contribution is 2.33. The van der Waals surface area contributed by atoms with Gasteiger partial charge in [0.15, 0.2) is 11.5 Å². The number of hydrogen-bond acceptors (Lipinski definition) is 5. The van der Waals surface area contributed by atoms with Crippen LogP contribution >= 0.6 is 22.9 Å². The Morgan fingerprint density at radius 3 is 2.78 bits per heavy atom. The number of benzene rings is 2. The zero-order valence-electron chi connectivity index (χ0n) is 14.2. The van der Waals surface area contributed by atoms with Gasteiger partial charge in [-0.2, -0.15) is 0 Å². The number of para-hydroxylation sites is 1. The van der Waals surface area contributed by atoms with Gasteiger partial charge in [0, 0.05) is 17.3 Å². The van der Waals surface area contributed by atoms with E-state index in [1.807, 2.05) is 29.6 Å². The predicted octanol–water partition coefficient (Wildman–Crippen LogP) is 5.00. The lowest BCUT2D eigenvalue weighted by molar-refractivity contribution is 0.103. The summed E-state index contributed by atoms with van der Waals surface area (Å²) in [5.74, 6) is 1.77. The predicted molar refractivity (Wildman–Crippen MR) is 105 cm³/mol. The summed E-state index contributed by atoms with van der Waals surface area (Å²) in [5.41, 5.74) is 1.57. The maximum Gasteiger partial charge on any atom is 0.265 e. The SMILES string of the molecule is O=C(Nc1ccc2c(c1)OCCO2)c1cc(COc2ccccc2Cl)cs1. The molecule has 138 valence electrons. The zero-order chi connectivity index (χ0) is 18.6. The lowest BCUT2D eigenvalue weighted by Gasteiger charge is -2.18. The van der Waals surface area contributed by atoms with Crippen LogP contribution in [-0.4, -0.2) is 19.1 Å².